The van der Waals surface area contributed by atoms with Gasteiger partial charge in [0, 0.05) is 44.1 Å². The van der Waals surface area contributed by atoms with Crippen LogP contribution in [0.25, 0.3) is 11.3 Å². The van der Waals surface area contributed by atoms with Gasteiger partial charge in [-0.15, -0.1) is 0 Å². The number of nitrogens with one attached hydrogen (secondary N) is 1. The van der Waals surface area contributed by atoms with Crippen molar-refractivity contribution < 1.29 is 14.3 Å². The van der Waals surface area contributed by atoms with E-state index in [9.17, 15) is 4.79 Å². The number of methoxy groups -OCH3 is 1. The van der Waals surface area contributed by atoms with Gasteiger partial charge in [0.05, 0.1) is 7.11 Å². The Bertz CT molecular complexity index is 1050. The van der Waals surface area contributed by atoms with E-state index in [1.54, 1.807) is 24.2 Å². The number of anilines is 1. The second kappa shape index (κ2) is 11.4. The number of hydrogen-bond donors (Lipinski definition) is 1. The van der Waals surface area contributed by atoms with Gasteiger partial charge in [-0.1, -0.05) is 43.4 Å². The average molecular weight is 487 g/mol. The molecular formula is C24H31ClN4O3Si. The van der Waals surface area contributed by atoms with Crippen molar-refractivity contribution in [1.29, 1.82) is 0 Å². The number of halogens is 1. The van der Waals surface area contributed by atoms with Gasteiger partial charge < -0.3 is 14.8 Å². The van der Waals surface area contributed by atoms with Crippen LogP contribution in [0.2, 0.25) is 30.7 Å². The standard InChI is InChI=1S/C24H31ClN4O3Si/c1-31-23-22(19-11-13-26-14-12-19)28-29(17-32-15-16-33(2,3)4)24(23)27-21(30)10-7-18-5-8-20(25)9-6-18/h5-6,8-9,11-14H,7,10,15-17H2,1-4H3,(H,27,30). The Labute approximate surface area is 201 Å². The molecule has 2 aromatic heterocycles. The first kappa shape index (κ1) is 24.9. The minimum atomic E-state index is -1.21. The first-order valence-electron chi connectivity index (χ1n) is 10.9. The van der Waals surface area contributed by atoms with Crippen LogP contribution in [-0.2, 0) is 22.7 Å². The van der Waals surface area contributed by atoms with Crippen LogP contribution < -0.4 is 10.1 Å². The van der Waals surface area contributed by atoms with Gasteiger partial charge in [-0.25, -0.2) is 4.68 Å². The van der Waals surface area contributed by atoms with Crippen LogP contribution in [0.3, 0.4) is 0 Å². The molecule has 33 heavy (non-hydrogen) atoms. The molecule has 0 spiro atoms. The Morgan fingerprint density at radius 1 is 1.12 bits per heavy atom. The summed E-state index contributed by atoms with van der Waals surface area (Å²) < 4.78 is 13.2. The number of aryl methyl sites for hydroxylation is 1. The zero-order valence-corrected chi connectivity index (χ0v) is 21.4. The highest BCUT2D eigenvalue weighted by Gasteiger charge is 2.22. The quantitative estimate of drug-likeness (QED) is 0.286. The van der Waals surface area contributed by atoms with Gasteiger partial charge in [0.25, 0.3) is 0 Å². The molecular weight excluding hydrogens is 456 g/mol. The maximum atomic E-state index is 12.8. The molecule has 0 aliphatic heterocycles. The summed E-state index contributed by atoms with van der Waals surface area (Å²) in [6.07, 6.45) is 4.31. The summed E-state index contributed by atoms with van der Waals surface area (Å²) in [5.41, 5.74) is 2.52. The van der Waals surface area contributed by atoms with Crippen molar-refractivity contribution in [3.8, 4) is 17.0 Å². The van der Waals surface area contributed by atoms with Crippen molar-refractivity contribution in [1.82, 2.24) is 14.8 Å². The molecule has 1 aromatic carbocycles. The fourth-order valence-corrected chi connectivity index (χ4v) is 4.07. The Hall–Kier alpha value is -2.68. The van der Waals surface area contributed by atoms with Crippen LogP contribution in [0.15, 0.2) is 48.8 Å². The highest BCUT2D eigenvalue weighted by Crippen LogP contribution is 2.36. The lowest BCUT2D eigenvalue weighted by Crippen LogP contribution is -2.22. The number of hydrogen-bond acceptors (Lipinski definition) is 5. The number of carbonyl (C=O) groups excluding carboxylic acids is 1. The van der Waals surface area contributed by atoms with Gasteiger partial charge in [0.15, 0.2) is 11.6 Å². The number of rotatable bonds is 11. The molecule has 9 heteroatoms. The summed E-state index contributed by atoms with van der Waals surface area (Å²) in [4.78, 5) is 16.9. The molecule has 0 saturated heterocycles. The molecule has 0 aliphatic rings. The highest BCUT2D eigenvalue weighted by atomic mass is 35.5. The van der Waals surface area contributed by atoms with Crippen molar-refractivity contribution in [3.63, 3.8) is 0 Å². The monoisotopic (exact) mass is 486 g/mol. The summed E-state index contributed by atoms with van der Waals surface area (Å²) >= 11 is 5.95. The van der Waals surface area contributed by atoms with Crippen molar-refractivity contribution in [2.24, 2.45) is 0 Å². The van der Waals surface area contributed by atoms with E-state index in [2.05, 4.69) is 35.0 Å². The van der Waals surface area contributed by atoms with Gasteiger partial charge >= 0.3 is 0 Å². The normalized spacial score (nSPS) is 11.4. The molecule has 0 aliphatic carbocycles. The lowest BCUT2D eigenvalue weighted by Gasteiger charge is -2.16. The van der Waals surface area contributed by atoms with Crippen molar-refractivity contribution >= 4 is 31.4 Å². The average Bonchev–Trinajstić information content (AvgIpc) is 3.13. The molecule has 0 radical (unpaired) electrons. The molecule has 1 N–H and O–H groups in total. The second-order valence-corrected chi connectivity index (χ2v) is 15.0. The summed E-state index contributed by atoms with van der Waals surface area (Å²) in [5, 5.41) is 8.35. The maximum Gasteiger partial charge on any atom is 0.225 e. The van der Waals surface area contributed by atoms with Gasteiger partial charge in [-0.3, -0.25) is 9.78 Å². The number of aromatic nitrogens is 3. The molecule has 0 saturated carbocycles. The molecule has 0 fully saturated rings. The molecule has 3 rings (SSSR count). The maximum absolute atomic E-state index is 12.8. The third-order valence-corrected chi connectivity index (χ3v) is 7.04. The molecule has 176 valence electrons. The van der Waals surface area contributed by atoms with Gasteiger partial charge in [-0.05, 0) is 42.3 Å². The van der Waals surface area contributed by atoms with E-state index < -0.39 is 8.07 Å². The first-order valence-corrected chi connectivity index (χ1v) is 15.0. The SMILES string of the molecule is COc1c(-c2ccncc2)nn(COCC[Si](C)(C)C)c1NC(=O)CCc1ccc(Cl)cc1. The fourth-order valence-electron chi connectivity index (χ4n) is 3.19. The van der Waals surface area contributed by atoms with E-state index in [1.165, 1.54) is 0 Å². The number of nitrogens with zero attached hydrogens (tertiary/aromatic N) is 3. The van der Waals surface area contributed by atoms with Crippen molar-refractivity contribution in [2.45, 2.75) is 45.3 Å². The smallest absolute Gasteiger partial charge is 0.225 e. The third kappa shape index (κ3) is 7.41. The molecule has 0 bridgehead atoms. The lowest BCUT2D eigenvalue weighted by atomic mass is 10.1. The predicted molar refractivity (Wildman–Crippen MR) is 135 cm³/mol. The Kier molecular flexibility index (Phi) is 8.65. The topological polar surface area (TPSA) is 78.3 Å². The van der Waals surface area contributed by atoms with Crippen LogP contribution in [0.1, 0.15) is 12.0 Å². The Morgan fingerprint density at radius 2 is 1.82 bits per heavy atom. The largest absolute Gasteiger partial charge is 0.491 e. The van der Waals surface area contributed by atoms with Crippen LogP contribution >= 0.6 is 11.6 Å². The van der Waals surface area contributed by atoms with Crippen LogP contribution in [-0.4, -0.2) is 42.5 Å². The zero-order chi connectivity index (χ0) is 23.8. The van der Waals surface area contributed by atoms with Gasteiger partial charge in [0.2, 0.25) is 5.91 Å². The molecule has 2 heterocycles. The lowest BCUT2D eigenvalue weighted by molar-refractivity contribution is -0.116. The summed E-state index contributed by atoms with van der Waals surface area (Å²) in [6.45, 7) is 7.79. The molecule has 1 amide bonds. The Morgan fingerprint density at radius 3 is 2.45 bits per heavy atom. The van der Waals surface area contributed by atoms with Crippen LogP contribution in [0.5, 0.6) is 5.75 Å². The fraction of sp³-hybridized carbons (Fsp3) is 0.375. The van der Waals surface area contributed by atoms with E-state index in [0.29, 0.717) is 41.7 Å². The molecule has 7 nitrogen and oxygen atoms in total. The minimum absolute atomic E-state index is 0.132. The number of amides is 1. The summed E-state index contributed by atoms with van der Waals surface area (Å²) in [6, 6.07) is 12.3. The van der Waals surface area contributed by atoms with Crippen LogP contribution in [0, 0.1) is 0 Å². The Balaban J connectivity index is 1.78. The third-order valence-electron chi connectivity index (χ3n) is 5.09. The van der Waals surface area contributed by atoms with Crippen LogP contribution in [0.4, 0.5) is 5.82 Å². The highest BCUT2D eigenvalue weighted by molar-refractivity contribution is 6.76. The van der Waals surface area contributed by atoms with Crippen molar-refractivity contribution in [3.05, 3.63) is 59.4 Å². The minimum Gasteiger partial charge on any atom is -0.491 e. The number of carbonyl (C=O) groups is 1. The summed E-state index contributed by atoms with van der Waals surface area (Å²) in [5.74, 6) is 0.848. The van der Waals surface area contributed by atoms with Crippen molar-refractivity contribution in [2.75, 3.05) is 19.0 Å². The van der Waals surface area contributed by atoms with E-state index in [1.807, 2.05) is 36.4 Å². The summed E-state index contributed by atoms with van der Waals surface area (Å²) in [7, 11) is 0.360. The van der Waals surface area contributed by atoms with Gasteiger partial charge in [0.1, 0.15) is 12.4 Å². The second-order valence-electron chi connectivity index (χ2n) is 8.99. The number of pyridine rings is 1. The zero-order valence-electron chi connectivity index (χ0n) is 19.6. The van der Waals surface area contributed by atoms with E-state index in [0.717, 1.165) is 17.2 Å². The van der Waals surface area contributed by atoms with Gasteiger partial charge in [-0.2, -0.15) is 5.10 Å². The van der Waals surface area contributed by atoms with E-state index in [-0.39, 0.29) is 12.6 Å². The van der Waals surface area contributed by atoms with E-state index >= 15 is 0 Å². The predicted octanol–water partition coefficient (Wildman–Crippen LogP) is 5.49. The van der Waals surface area contributed by atoms with E-state index in [4.69, 9.17) is 21.1 Å². The molecule has 0 unspecified atom stereocenters. The molecule has 3 aromatic rings. The molecule has 0 atom stereocenters. The first-order chi connectivity index (χ1) is 15.8. The number of benzene rings is 1. The number of ether oxygens (including phenoxy) is 2.